The van der Waals surface area contributed by atoms with Crippen molar-refractivity contribution in [3.8, 4) is 11.1 Å². The number of hydrogen-bond acceptors (Lipinski definition) is 5. The Morgan fingerprint density at radius 3 is 2.68 bits per heavy atom. The van der Waals surface area contributed by atoms with Crippen molar-refractivity contribution in [3.63, 3.8) is 0 Å². The summed E-state index contributed by atoms with van der Waals surface area (Å²) in [4.78, 5) is 8.40. The van der Waals surface area contributed by atoms with E-state index in [4.69, 9.17) is 17.3 Å². The van der Waals surface area contributed by atoms with Crippen molar-refractivity contribution in [1.82, 2.24) is 9.97 Å². The van der Waals surface area contributed by atoms with Crippen LogP contribution in [0.2, 0.25) is 5.15 Å². The van der Waals surface area contributed by atoms with E-state index in [0.29, 0.717) is 16.9 Å². The molecule has 1 aliphatic carbocycles. The molecule has 1 aromatic heterocycles. The topological polar surface area (TPSA) is 84.1 Å². The van der Waals surface area contributed by atoms with Crippen LogP contribution in [0, 0.1) is 5.92 Å². The minimum Gasteiger partial charge on any atom is -0.396 e. The fourth-order valence-corrected chi connectivity index (χ4v) is 3.27. The number of nitrogens with one attached hydrogen (secondary N) is 1. The Hall–Kier alpha value is -1.85. The molecule has 5 nitrogen and oxygen atoms in total. The SMILES string of the molecule is Nc1nc(Cl)c(-c2ccccc2)c(N[C@H]2CC[C@@H](CO)C2)n1. The van der Waals surface area contributed by atoms with Crippen LogP contribution in [0.5, 0.6) is 0 Å². The molecule has 0 amide bonds. The van der Waals surface area contributed by atoms with E-state index in [0.717, 1.165) is 30.4 Å². The molecule has 1 saturated carbocycles. The van der Waals surface area contributed by atoms with E-state index in [-0.39, 0.29) is 18.6 Å². The predicted molar refractivity (Wildman–Crippen MR) is 88.7 cm³/mol. The number of rotatable bonds is 4. The Kier molecular flexibility index (Phi) is 4.45. The van der Waals surface area contributed by atoms with Crippen LogP contribution in [0.25, 0.3) is 11.1 Å². The summed E-state index contributed by atoms with van der Waals surface area (Å²) in [5.41, 5.74) is 7.47. The van der Waals surface area contributed by atoms with Crippen LogP contribution in [0.3, 0.4) is 0 Å². The van der Waals surface area contributed by atoms with Gasteiger partial charge in [0.2, 0.25) is 5.95 Å². The molecule has 1 heterocycles. The third-order valence-electron chi connectivity index (χ3n) is 4.08. The average Bonchev–Trinajstić information content (AvgIpc) is 2.95. The van der Waals surface area contributed by atoms with Crippen molar-refractivity contribution in [2.45, 2.75) is 25.3 Å². The Morgan fingerprint density at radius 2 is 2.00 bits per heavy atom. The second-order valence-electron chi connectivity index (χ2n) is 5.67. The van der Waals surface area contributed by atoms with Crippen LogP contribution in [0.1, 0.15) is 19.3 Å². The summed E-state index contributed by atoms with van der Waals surface area (Å²) in [6.07, 6.45) is 2.94. The van der Waals surface area contributed by atoms with E-state index in [1.165, 1.54) is 0 Å². The molecule has 1 aromatic carbocycles. The van der Waals surface area contributed by atoms with Crippen molar-refractivity contribution in [2.75, 3.05) is 17.7 Å². The number of aliphatic hydroxyl groups excluding tert-OH is 1. The van der Waals surface area contributed by atoms with Crippen LogP contribution in [-0.4, -0.2) is 27.7 Å². The first-order valence-corrected chi connectivity index (χ1v) is 7.81. The number of nitrogens with zero attached hydrogens (tertiary/aromatic N) is 2. The monoisotopic (exact) mass is 318 g/mol. The Balaban J connectivity index is 1.93. The number of nitrogen functional groups attached to an aromatic ring is 1. The second-order valence-corrected chi connectivity index (χ2v) is 6.02. The third-order valence-corrected chi connectivity index (χ3v) is 4.36. The van der Waals surface area contributed by atoms with Gasteiger partial charge < -0.3 is 16.2 Å². The van der Waals surface area contributed by atoms with Crippen molar-refractivity contribution >= 4 is 23.4 Å². The maximum Gasteiger partial charge on any atom is 0.223 e. The number of hydrogen-bond donors (Lipinski definition) is 3. The summed E-state index contributed by atoms with van der Waals surface area (Å²) in [6.45, 7) is 0.233. The van der Waals surface area contributed by atoms with Gasteiger partial charge in [0.25, 0.3) is 0 Å². The van der Waals surface area contributed by atoms with Crippen molar-refractivity contribution < 1.29 is 5.11 Å². The van der Waals surface area contributed by atoms with Gasteiger partial charge in [-0.3, -0.25) is 0 Å². The molecule has 116 valence electrons. The van der Waals surface area contributed by atoms with E-state index >= 15 is 0 Å². The van der Waals surface area contributed by atoms with Crippen molar-refractivity contribution in [2.24, 2.45) is 5.92 Å². The summed E-state index contributed by atoms with van der Waals surface area (Å²) in [5.74, 6) is 1.17. The highest BCUT2D eigenvalue weighted by atomic mass is 35.5. The van der Waals surface area contributed by atoms with Crippen LogP contribution in [-0.2, 0) is 0 Å². The lowest BCUT2D eigenvalue weighted by atomic mass is 10.1. The first-order chi connectivity index (χ1) is 10.7. The lowest BCUT2D eigenvalue weighted by molar-refractivity contribution is 0.229. The van der Waals surface area contributed by atoms with Gasteiger partial charge in [0.15, 0.2) is 0 Å². The van der Waals surface area contributed by atoms with E-state index in [9.17, 15) is 5.11 Å². The van der Waals surface area contributed by atoms with Gasteiger partial charge in [0.1, 0.15) is 11.0 Å². The van der Waals surface area contributed by atoms with Gasteiger partial charge in [-0.05, 0) is 30.7 Å². The molecule has 0 unspecified atom stereocenters. The number of nitrogens with two attached hydrogens (primary N) is 1. The molecule has 22 heavy (non-hydrogen) atoms. The number of anilines is 2. The van der Waals surface area contributed by atoms with Gasteiger partial charge in [-0.15, -0.1) is 0 Å². The minimum atomic E-state index is 0.156. The Bertz CT molecular complexity index is 650. The van der Waals surface area contributed by atoms with Gasteiger partial charge in [0, 0.05) is 12.6 Å². The fourth-order valence-electron chi connectivity index (χ4n) is 2.98. The zero-order valence-electron chi connectivity index (χ0n) is 12.2. The van der Waals surface area contributed by atoms with Crippen LogP contribution in [0.4, 0.5) is 11.8 Å². The fraction of sp³-hybridized carbons (Fsp3) is 0.375. The Labute approximate surface area is 134 Å². The zero-order valence-corrected chi connectivity index (χ0v) is 12.9. The smallest absolute Gasteiger partial charge is 0.223 e. The van der Waals surface area contributed by atoms with Crippen molar-refractivity contribution in [1.29, 1.82) is 0 Å². The first-order valence-electron chi connectivity index (χ1n) is 7.43. The summed E-state index contributed by atoms with van der Waals surface area (Å²) in [6, 6.07) is 10.1. The lowest BCUT2D eigenvalue weighted by Gasteiger charge is -2.17. The molecule has 0 bridgehead atoms. The maximum absolute atomic E-state index is 9.28. The zero-order chi connectivity index (χ0) is 15.5. The average molecular weight is 319 g/mol. The number of aromatic nitrogens is 2. The molecular formula is C16H19ClN4O. The summed E-state index contributed by atoms with van der Waals surface area (Å²) in [5, 5.41) is 13.0. The second kappa shape index (κ2) is 6.50. The minimum absolute atomic E-state index is 0.156. The molecule has 0 aliphatic heterocycles. The van der Waals surface area contributed by atoms with Gasteiger partial charge in [-0.25, -0.2) is 4.98 Å². The molecule has 1 fully saturated rings. The molecule has 0 spiro atoms. The quantitative estimate of drug-likeness (QED) is 0.755. The lowest BCUT2D eigenvalue weighted by Crippen LogP contribution is -2.18. The maximum atomic E-state index is 9.28. The third kappa shape index (κ3) is 3.15. The number of halogens is 1. The Morgan fingerprint density at radius 1 is 1.23 bits per heavy atom. The van der Waals surface area contributed by atoms with Crippen LogP contribution < -0.4 is 11.1 Å². The molecule has 6 heteroatoms. The molecule has 4 N–H and O–H groups in total. The normalized spacial score (nSPS) is 21.0. The van der Waals surface area contributed by atoms with E-state index in [1.54, 1.807) is 0 Å². The molecule has 1 aliphatic rings. The molecule has 0 radical (unpaired) electrons. The largest absolute Gasteiger partial charge is 0.396 e. The van der Waals surface area contributed by atoms with Crippen molar-refractivity contribution in [3.05, 3.63) is 35.5 Å². The van der Waals surface area contributed by atoms with E-state index in [2.05, 4.69) is 15.3 Å². The summed E-state index contributed by atoms with van der Waals surface area (Å²) >= 11 is 6.30. The first kappa shape index (κ1) is 15.1. The van der Waals surface area contributed by atoms with Crippen LogP contribution >= 0.6 is 11.6 Å². The number of benzene rings is 1. The molecule has 2 atom stereocenters. The van der Waals surface area contributed by atoms with E-state index in [1.807, 2.05) is 30.3 Å². The summed E-state index contributed by atoms with van der Waals surface area (Å²) in [7, 11) is 0. The van der Waals surface area contributed by atoms with E-state index < -0.39 is 0 Å². The highest BCUT2D eigenvalue weighted by Crippen LogP contribution is 2.35. The molecule has 3 rings (SSSR count). The molecular weight excluding hydrogens is 300 g/mol. The molecule has 2 aromatic rings. The van der Waals surface area contributed by atoms with Crippen LogP contribution in [0.15, 0.2) is 30.3 Å². The highest BCUT2D eigenvalue weighted by Gasteiger charge is 2.25. The van der Waals surface area contributed by atoms with Gasteiger partial charge in [-0.2, -0.15) is 4.98 Å². The molecule has 0 saturated heterocycles. The van der Waals surface area contributed by atoms with Gasteiger partial charge in [-0.1, -0.05) is 41.9 Å². The van der Waals surface area contributed by atoms with Gasteiger partial charge >= 0.3 is 0 Å². The van der Waals surface area contributed by atoms with Gasteiger partial charge in [0.05, 0.1) is 5.56 Å². The standard InChI is InChI=1S/C16H19ClN4O/c17-14-13(11-4-2-1-3-5-11)15(21-16(18)20-14)19-12-7-6-10(8-12)9-22/h1-5,10,12,22H,6-9H2,(H3,18,19,20,21)/t10-,12+/m1/s1. The highest BCUT2D eigenvalue weighted by molar-refractivity contribution is 6.32. The predicted octanol–water partition coefficient (Wildman–Crippen LogP) is 2.95. The summed E-state index contributed by atoms with van der Waals surface area (Å²) < 4.78 is 0. The number of aliphatic hydroxyl groups is 1.